The highest BCUT2D eigenvalue weighted by atomic mass is 32.2. The summed E-state index contributed by atoms with van der Waals surface area (Å²) in [5, 5.41) is 8.91. The van der Waals surface area contributed by atoms with E-state index >= 15 is 0 Å². The molecule has 0 aromatic heterocycles. The molecule has 3 rings (SSSR count). The van der Waals surface area contributed by atoms with Gasteiger partial charge in [-0.25, -0.2) is 12.8 Å². The monoisotopic (exact) mass is 373 g/mol. The van der Waals surface area contributed by atoms with Crippen molar-refractivity contribution < 1.29 is 17.5 Å². The highest BCUT2D eigenvalue weighted by molar-refractivity contribution is 7.92. The molecule has 0 spiro atoms. The average Bonchev–Trinajstić information content (AvgIpc) is 3.31. The summed E-state index contributed by atoms with van der Waals surface area (Å²) in [6.07, 6.45) is 0. The Morgan fingerprint density at radius 2 is 1.77 bits per heavy atom. The van der Waals surface area contributed by atoms with Crippen molar-refractivity contribution >= 4 is 9.84 Å². The van der Waals surface area contributed by atoms with E-state index in [0.29, 0.717) is 12.2 Å². The highest BCUT2D eigenvalue weighted by Crippen LogP contribution is 2.63. The van der Waals surface area contributed by atoms with Crippen molar-refractivity contribution in [2.24, 2.45) is 5.41 Å². The van der Waals surface area contributed by atoms with E-state index in [1.54, 1.807) is 43.3 Å². The molecule has 136 valence electrons. The molecule has 0 saturated heterocycles. The molecule has 2 aromatic rings. The Balaban J connectivity index is 2.05. The van der Waals surface area contributed by atoms with Gasteiger partial charge in [-0.15, -0.1) is 0 Å². The quantitative estimate of drug-likeness (QED) is 0.776. The van der Waals surface area contributed by atoms with Crippen molar-refractivity contribution in [3.63, 3.8) is 0 Å². The van der Waals surface area contributed by atoms with E-state index in [0.717, 1.165) is 5.56 Å². The predicted octanol–water partition coefficient (Wildman–Crippen LogP) is 3.62. The Labute approximate surface area is 153 Å². The average molecular weight is 373 g/mol. The fourth-order valence-corrected chi connectivity index (χ4v) is 5.80. The van der Waals surface area contributed by atoms with E-state index in [-0.39, 0.29) is 11.5 Å². The maximum absolute atomic E-state index is 13.3. The molecule has 0 aliphatic heterocycles. The summed E-state index contributed by atoms with van der Waals surface area (Å²) in [6.45, 7) is 4.09. The van der Waals surface area contributed by atoms with Crippen molar-refractivity contribution in [1.29, 1.82) is 5.26 Å². The van der Waals surface area contributed by atoms with Crippen molar-refractivity contribution in [2.45, 2.75) is 29.9 Å². The van der Waals surface area contributed by atoms with Gasteiger partial charge in [-0.2, -0.15) is 5.26 Å². The minimum absolute atomic E-state index is 0.0256. The second-order valence-corrected chi connectivity index (χ2v) is 8.67. The van der Waals surface area contributed by atoms with Crippen molar-refractivity contribution in [3.05, 3.63) is 65.5 Å². The molecule has 0 unspecified atom stereocenters. The fraction of sp³-hybridized carbons (Fsp3) is 0.350. The first-order chi connectivity index (χ1) is 12.4. The van der Waals surface area contributed by atoms with Crippen molar-refractivity contribution in [2.75, 3.05) is 13.2 Å². The van der Waals surface area contributed by atoms with Crippen LogP contribution in [0.15, 0.2) is 53.4 Å². The lowest BCUT2D eigenvalue weighted by Crippen LogP contribution is -2.19. The molecule has 0 heterocycles. The maximum Gasteiger partial charge on any atom is 0.183 e. The lowest BCUT2D eigenvalue weighted by Gasteiger charge is -2.10. The van der Waals surface area contributed by atoms with Crippen LogP contribution in [0.2, 0.25) is 0 Å². The molecule has 0 amide bonds. The number of hydrogen-bond acceptors (Lipinski definition) is 4. The van der Waals surface area contributed by atoms with Gasteiger partial charge in [0.15, 0.2) is 9.84 Å². The molecule has 0 radical (unpaired) electrons. The number of aryl methyl sites for hydroxylation is 1. The fourth-order valence-electron chi connectivity index (χ4n) is 3.49. The van der Waals surface area contributed by atoms with Gasteiger partial charge in [-0.3, -0.25) is 0 Å². The van der Waals surface area contributed by atoms with Gasteiger partial charge in [0.2, 0.25) is 0 Å². The Bertz CT molecular complexity index is 933. The third-order valence-electron chi connectivity index (χ3n) is 4.92. The first-order valence-electron chi connectivity index (χ1n) is 8.42. The molecule has 1 fully saturated rings. The molecule has 6 heteroatoms. The third-order valence-corrected chi connectivity index (χ3v) is 7.21. The number of halogens is 1. The number of nitriles is 1. The molecule has 0 bridgehead atoms. The van der Waals surface area contributed by atoms with Crippen LogP contribution < -0.4 is 0 Å². The van der Waals surface area contributed by atoms with Crippen molar-refractivity contribution in [1.82, 2.24) is 0 Å². The molecule has 2 aromatic carbocycles. The van der Waals surface area contributed by atoms with Gasteiger partial charge in [-0.05, 0) is 43.7 Å². The smallest absolute Gasteiger partial charge is 0.183 e. The number of rotatable bonds is 6. The zero-order valence-electron chi connectivity index (χ0n) is 14.6. The Hall–Kier alpha value is -2.23. The summed E-state index contributed by atoms with van der Waals surface area (Å²) in [5.74, 6) is -0.953. The van der Waals surface area contributed by atoms with Crippen LogP contribution in [0.3, 0.4) is 0 Å². The molecular formula is C20H20FNO3S. The van der Waals surface area contributed by atoms with E-state index in [4.69, 9.17) is 4.74 Å². The largest absolute Gasteiger partial charge is 0.380 e. The Morgan fingerprint density at radius 3 is 2.31 bits per heavy atom. The molecule has 26 heavy (non-hydrogen) atoms. The molecular weight excluding hydrogens is 353 g/mol. The lowest BCUT2D eigenvalue weighted by atomic mass is 10.0. The van der Waals surface area contributed by atoms with Gasteiger partial charge in [0.25, 0.3) is 0 Å². The summed E-state index contributed by atoms with van der Waals surface area (Å²) < 4.78 is 45.1. The Morgan fingerprint density at radius 1 is 1.15 bits per heavy atom. The molecule has 1 saturated carbocycles. The number of sulfone groups is 1. The van der Waals surface area contributed by atoms with Crippen LogP contribution in [0.5, 0.6) is 0 Å². The Kier molecular flexibility index (Phi) is 4.87. The third kappa shape index (κ3) is 3.02. The number of benzene rings is 2. The van der Waals surface area contributed by atoms with Gasteiger partial charge in [0.05, 0.1) is 22.8 Å². The van der Waals surface area contributed by atoms with Gasteiger partial charge in [0.1, 0.15) is 11.2 Å². The van der Waals surface area contributed by atoms with Crippen LogP contribution in [0.1, 0.15) is 24.0 Å². The molecule has 1 aliphatic carbocycles. The summed E-state index contributed by atoms with van der Waals surface area (Å²) in [7, 11) is -3.74. The lowest BCUT2D eigenvalue weighted by molar-refractivity contribution is 0.117. The second kappa shape index (κ2) is 6.82. The van der Waals surface area contributed by atoms with E-state index in [9.17, 15) is 18.1 Å². The van der Waals surface area contributed by atoms with E-state index in [1.807, 2.05) is 6.92 Å². The normalized spacial score (nSPS) is 24.8. The standard InChI is InChI=1S/C20H20FNO3S/c1-3-25-13-20(12-22)18(15-6-8-16(21)9-7-15)19(20)26(23,24)17-10-4-14(2)5-11-17/h4-11,18-19H,3,13H2,1-2H3/t18-,19-,20-/m1/s1. The number of ether oxygens (including phenoxy) is 1. The van der Waals surface area contributed by atoms with E-state index < -0.39 is 32.2 Å². The van der Waals surface area contributed by atoms with Crippen LogP contribution in [0.4, 0.5) is 4.39 Å². The van der Waals surface area contributed by atoms with Crippen LogP contribution in [-0.4, -0.2) is 26.9 Å². The predicted molar refractivity (Wildman–Crippen MR) is 95.8 cm³/mol. The zero-order chi connectivity index (χ0) is 18.9. The maximum atomic E-state index is 13.3. The minimum Gasteiger partial charge on any atom is -0.380 e. The second-order valence-electron chi connectivity index (χ2n) is 6.60. The topological polar surface area (TPSA) is 67.2 Å². The van der Waals surface area contributed by atoms with E-state index in [2.05, 4.69) is 6.07 Å². The van der Waals surface area contributed by atoms with Gasteiger partial charge in [-0.1, -0.05) is 29.8 Å². The SMILES string of the molecule is CCOC[C@]1(C#N)[C@H](c2ccc(F)cc2)[C@H]1S(=O)(=O)c1ccc(C)cc1. The summed E-state index contributed by atoms with van der Waals surface area (Å²) in [5.41, 5.74) is 0.418. The van der Waals surface area contributed by atoms with Crippen LogP contribution in [-0.2, 0) is 14.6 Å². The van der Waals surface area contributed by atoms with Crippen LogP contribution >= 0.6 is 0 Å². The van der Waals surface area contributed by atoms with Gasteiger partial charge in [0, 0.05) is 12.5 Å². The highest BCUT2D eigenvalue weighted by Gasteiger charge is 2.72. The molecule has 0 N–H and O–H groups in total. The van der Waals surface area contributed by atoms with Crippen LogP contribution in [0.25, 0.3) is 0 Å². The minimum atomic E-state index is -3.74. The van der Waals surface area contributed by atoms with Crippen LogP contribution in [0, 0.1) is 29.5 Å². The number of nitrogens with zero attached hydrogens (tertiary/aromatic N) is 1. The number of hydrogen-bond donors (Lipinski definition) is 0. The summed E-state index contributed by atoms with van der Waals surface area (Å²) in [6, 6.07) is 14.4. The van der Waals surface area contributed by atoms with Crippen molar-refractivity contribution in [3.8, 4) is 6.07 Å². The molecule has 4 nitrogen and oxygen atoms in total. The zero-order valence-corrected chi connectivity index (χ0v) is 15.5. The van der Waals surface area contributed by atoms with E-state index in [1.165, 1.54) is 12.1 Å². The first kappa shape index (κ1) is 18.6. The molecule has 1 aliphatic rings. The first-order valence-corrected chi connectivity index (χ1v) is 9.96. The molecule has 3 atom stereocenters. The summed E-state index contributed by atoms with van der Waals surface area (Å²) in [4.78, 5) is 0.189. The summed E-state index contributed by atoms with van der Waals surface area (Å²) >= 11 is 0. The van der Waals surface area contributed by atoms with Gasteiger partial charge >= 0.3 is 0 Å². The van der Waals surface area contributed by atoms with Gasteiger partial charge < -0.3 is 4.74 Å².